The van der Waals surface area contributed by atoms with E-state index in [1.165, 1.54) is 17.0 Å². The van der Waals surface area contributed by atoms with Crippen LogP contribution in [0.25, 0.3) is 0 Å². The summed E-state index contributed by atoms with van der Waals surface area (Å²) in [6, 6.07) is 4.04. The van der Waals surface area contributed by atoms with Gasteiger partial charge in [0.15, 0.2) is 0 Å². The number of benzene rings is 1. The van der Waals surface area contributed by atoms with Crippen LogP contribution in [0.15, 0.2) is 29.2 Å². The molecule has 9 heteroatoms. The second-order valence-electron chi connectivity index (χ2n) is 5.37. The summed E-state index contributed by atoms with van der Waals surface area (Å²) in [7, 11) is -2.32. The summed E-state index contributed by atoms with van der Waals surface area (Å²) in [6.45, 7) is -0.110. The first-order chi connectivity index (χ1) is 10.8. The molecule has 1 heterocycles. The number of nitrogens with zero attached hydrogens (tertiary/aromatic N) is 1. The Bertz CT molecular complexity index is 669. The number of amides is 1. The van der Waals surface area contributed by atoms with Crippen LogP contribution in [0.5, 0.6) is 0 Å². The average Bonchev–Trinajstić information content (AvgIpc) is 2.87. The summed E-state index contributed by atoms with van der Waals surface area (Å²) in [5.74, 6) is -0.953. The SMILES string of the molecule is CNCC(=O)N1C[C@@H](F)C[C@H]1CNS(=O)(=O)c1cccc(F)c1. The lowest BCUT2D eigenvalue weighted by molar-refractivity contribution is -0.131. The lowest BCUT2D eigenvalue weighted by Gasteiger charge is -2.24. The molecular weight excluding hydrogens is 328 g/mol. The molecule has 2 atom stereocenters. The van der Waals surface area contributed by atoms with E-state index in [0.717, 1.165) is 12.1 Å². The Morgan fingerprint density at radius 1 is 1.43 bits per heavy atom. The maximum atomic E-state index is 13.6. The lowest BCUT2D eigenvalue weighted by Crippen LogP contribution is -2.45. The van der Waals surface area contributed by atoms with Crippen molar-refractivity contribution in [3.63, 3.8) is 0 Å². The first-order valence-corrected chi connectivity index (χ1v) is 8.65. The van der Waals surface area contributed by atoms with Gasteiger partial charge in [0, 0.05) is 19.0 Å². The van der Waals surface area contributed by atoms with Crippen LogP contribution in [0.3, 0.4) is 0 Å². The summed E-state index contributed by atoms with van der Waals surface area (Å²) in [6.07, 6.45) is -1.11. The van der Waals surface area contributed by atoms with Gasteiger partial charge in [-0.05, 0) is 25.2 Å². The van der Waals surface area contributed by atoms with Crippen molar-refractivity contribution in [3.8, 4) is 0 Å². The molecule has 1 aromatic rings. The minimum Gasteiger partial charge on any atom is -0.334 e. The van der Waals surface area contributed by atoms with E-state index in [4.69, 9.17) is 0 Å². The van der Waals surface area contributed by atoms with Crippen molar-refractivity contribution in [1.82, 2.24) is 14.9 Å². The van der Waals surface area contributed by atoms with E-state index in [9.17, 15) is 22.0 Å². The number of hydrogen-bond donors (Lipinski definition) is 2. The summed E-state index contributed by atoms with van der Waals surface area (Å²) in [4.78, 5) is 13.0. The Balaban J connectivity index is 2.05. The zero-order valence-corrected chi connectivity index (χ0v) is 13.4. The number of nitrogens with one attached hydrogen (secondary N) is 2. The fraction of sp³-hybridized carbons (Fsp3) is 0.500. The van der Waals surface area contributed by atoms with E-state index in [1.807, 2.05) is 0 Å². The molecule has 1 aliphatic rings. The van der Waals surface area contributed by atoms with E-state index < -0.39 is 28.1 Å². The van der Waals surface area contributed by atoms with Crippen LogP contribution in [-0.2, 0) is 14.8 Å². The number of likely N-dealkylation sites (tertiary alicyclic amines) is 1. The fourth-order valence-electron chi connectivity index (χ4n) is 2.53. The molecule has 0 spiro atoms. The number of rotatable bonds is 6. The second kappa shape index (κ2) is 7.33. The van der Waals surface area contributed by atoms with Crippen molar-refractivity contribution in [3.05, 3.63) is 30.1 Å². The summed E-state index contributed by atoms with van der Waals surface area (Å²) < 4.78 is 53.3. The van der Waals surface area contributed by atoms with Crippen molar-refractivity contribution in [2.75, 3.05) is 26.7 Å². The highest BCUT2D eigenvalue weighted by molar-refractivity contribution is 7.89. The second-order valence-corrected chi connectivity index (χ2v) is 7.14. The van der Waals surface area contributed by atoms with Gasteiger partial charge >= 0.3 is 0 Å². The summed E-state index contributed by atoms with van der Waals surface area (Å²) in [5.41, 5.74) is 0. The molecule has 0 aliphatic carbocycles. The highest BCUT2D eigenvalue weighted by Crippen LogP contribution is 2.20. The van der Waals surface area contributed by atoms with Gasteiger partial charge in [-0.3, -0.25) is 4.79 Å². The Hall–Kier alpha value is -1.58. The molecule has 0 bridgehead atoms. The number of sulfonamides is 1. The predicted octanol–water partition coefficient (Wildman–Crippen LogP) is 0.262. The third kappa shape index (κ3) is 4.46. The summed E-state index contributed by atoms with van der Waals surface area (Å²) in [5, 5.41) is 2.69. The Morgan fingerprint density at radius 2 is 2.17 bits per heavy atom. The molecule has 2 N–H and O–H groups in total. The van der Waals surface area contributed by atoms with Crippen molar-refractivity contribution in [2.45, 2.75) is 23.5 Å². The number of likely N-dealkylation sites (N-methyl/N-ethyl adjacent to an activating group) is 1. The first kappa shape index (κ1) is 17.8. The predicted molar refractivity (Wildman–Crippen MR) is 80.5 cm³/mol. The van der Waals surface area contributed by atoms with E-state index in [1.54, 1.807) is 7.05 Å². The van der Waals surface area contributed by atoms with Crippen molar-refractivity contribution < 1.29 is 22.0 Å². The number of hydrogen-bond acceptors (Lipinski definition) is 4. The van der Waals surface area contributed by atoms with E-state index >= 15 is 0 Å². The van der Waals surface area contributed by atoms with E-state index in [2.05, 4.69) is 10.0 Å². The molecule has 1 saturated heterocycles. The van der Waals surface area contributed by atoms with E-state index in [0.29, 0.717) is 0 Å². The molecule has 0 aromatic heterocycles. The fourth-order valence-corrected chi connectivity index (χ4v) is 3.64. The van der Waals surface area contributed by atoms with Crippen LogP contribution in [0, 0.1) is 5.82 Å². The monoisotopic (exact) mass is 347 g/mol. The van der Waals surface area contributed by atoms with Crippen LogP contribution in [0.2, 0.25) is 0 Å². The lowest BCUT2D eigenvalue weighted by atomic mass is 10.2. The third-order valence-corrected chi connectivity index (χ3v) is 5.05. The van der Waals surface area contributed by atoms with Gasteiger partial charge in [-0.25, -0.2) is 21.9 Å². The van der Waals surface area contributed by atoms with Crippen molar-refractivity contribution in [2.24, 2.45) is 0 Å². The molecule has 0 unspecified atom stereocenters. The van der Waals surface area contributed by atoms with Gasteiger partial charge < -0.3 is 10.2 Å². The van der Waals surface area contributed by atoms with E-state index in [-0.39, 0.29) is 36.9 Å². The smallest absolute Gasteiger partial charge is 0.240 e. The Labute approximate surface area is 133 Å². The maximum Gasteiger partial charge on any atom is 0.240 e. The highest BCUT2D eigenvalue weighted by Gasteiger charge is 2.35. The molecule has 0 radical (unpaired) electrons. The van der Waals surface area contributed by atoms with Crippen LogP contribution in [0.1, 0.15) is 6.42 Å². The minimum atomic E-state index is -3.92. The number of carbonyl (C=O) groups excluding carboxylic acids is 1. The van der Waals surface area contributed by atoms with Crippen LogP contribution in [-0.4, -0.2) is 58.1 Å². The van der Waals surface area contributed by atoms with Gasteiger partial charge in [-0.15, -0.1) is 0 Å². The number of carbonyl (C=O) groups is 1. The zero-order valence-electron chi connectivity index (χ0n) is 12.6. The largest absolute Gasteiger partial charge is 0.334 e. The molecule has 1 amide bonds. The van der Waals surface area contributed by atoms with Gasteiger partial charge in [0.25, 0.3) is 0 Å². The topological polar surface area (TPSA) is 78.5 Å². The van der Waals surface area contributed by atoms with Gasteiger partial charge in [0.05, 0.1) is 18.0 Å². The molecule has 6 nitrogen and oxygen atoms in total. The minimum absolute atomic E-state index is 0.0487. The maximum absolute atomic E-state index is 13.6. The van der Waals surface area contributed by atoms with Crippen LogP contribution in [0.4, 0.5) is 8.78 Å². The molecule has 23 heavy (non-hydrogen) atoms. The van der Waals surface area contributed by atoms with Gasteiger partial charge in [-0.1, -0.05) is 6.07 Å². The Kier molecular flexibility index (Phi) is 5.66. The molecule has 2 rings (SSSR count). The molecular formula is C14H19F2N3O3S. The van der Waals surface area contributed by atoms with Crippen LogP contribution < -0.4 is 10.0 Å². The van der Waals surface area contributed by atoms with Gasteiger partial charge in [0.1, 0.15) is 12.0 Å². The first-order valence-electron chi connectivity index (χ1n) is 7.17. The summed E-state index contributed by atoms with van der Waals surface area (Å²) >= 11 is 0. The van der Waals surface area contributed by atoms with Crippen molar-refractivity contribution in [1.29, 1.82) is 0 Å². The molecule has 128 valence electrons. The van der Waals surface area contributed by atoms with Gasteiger partial charge in [0.2, 0.25) is 15.9 Å². The Morgan fingerprint density at radius 3 is 2.83 bits per heavy atom. The molecule has 0 saturated carbocycles. The molecule has 1 aromatic carbocycles. The normalized spacial score (nSPS) is 21.6. The van der Waals surface area contributed by atoms with Crippen molar-refractivity contribution >= 4 is 15.9 Å². The average molecular weight is 347 g/mol. The standard InChI is InChI=1S/C14H19F2N3O3S/c1-17-8-14(20)19-9-11(16)5-12(19)7-18-23(21,22)13-4-2-3-10(15)6-13/h2-4,6,11-12,17-18H,5,7-9H2,1H3/t11-,12-/m0/s1. The third-order valence-electron chi connectivity index (χ3n) is 3.63. The van der Waals surface area contributed by atoms with Crippen LogP contribution >= 0.6 is 0 Å². The zero-order chi connectivity index (χ0) is 17.0. The van der Waals surface area contributed by atoms with Gasteiger partial charge in [-0.2, -0.15) is 0 Å². The highest BCUT2D eigenvalue weighted by atomic mass is 32.2. The quantitative estimate of drug-likeness (QED) is 0.774. The number of halogens is 2. The molecule has 1 aliphatic heterocycles. The number of alkyl halides is 1. The molecule has 1 fully saturated rings.